The highest BCUT2D eigenvalue weighted by molar-refractivity contribution is 7.98. The molecule has 0 bridgehead atoms. The molecule has 24 heavy (non-hydrogen) atoms. The van der Waals surface area contributed by atoms with E-state index in [0.717, 1.165) is 17.1 Å². The number of hydrogen-bond donors (Lipinski definition) is 2. The molecular formula is C17H20N2O3S2. The van der Waals surface area contributed by atoms with Crippen LogP contribution in [0.3, 0.4) is 0 Å². The first-order valence-electron chi connectivity index (χ1n) is 7.47. The maximum absolute atomic E-state index is 11.9. The molecule has 0 spiro atoms. The number of para-hydroxylation sites is 1. The highest BCUT2D eigenvalue weighted by Gasteiger charge is 2.13. The summed E-state index contributed by atoms with van der Waals surface area (Å²) in [4.78, 5) is 25.0. The molecule has 7 heteroatoms. The number of nitrogens with two attached hydrogens (primary N) is 1. The number of ether oxygens (including phenoxy) is 1. The number of esters is 1. The summed E-state index contributed by atoms with van der Waals surface area (Å²) >= 11 is 3.47. The molecule has 0 saturated carbocycles. The van der Waals surface area contributed by atoms with E-state index in [9.17, 15) is 9.59 Å². The lowest BCUT2D eigenvalue weighted by Gasteiger charge is -2.09. The number of hydrogen-bond acceptors (Lipinski definition) is 6. The van der Waals surface area contributed by atoms with Gasteiger partial charge in [-0.1, -0.05) is 18.2 Å². The Balaban J connectivity index is 1.64. The number of thiophene rings is 1. The quantitative estimate of drug-likeness (QED) is 0.428. The van der Waals surface area contributed by atoms with Gasteiger partial charge in [-0.3, -0.25) is 4.79 Å². The third-order valence-corrected chi connectivity index (χ3v) is 5.34. The molecule has 128 valence electrons. The molecular weight excluding hydrogens is 344 g/mol. The van der Waals surface area contributed by atoms with Crippen molar-refractivity contribution in [2.24, 2.45) is 0 Å². The van der Waals surface area contributed by atoms with Crippen LogP contribution >= 0.6 is 23.1 Å². The van der Waals surface area contributed by atoms with Gasteiger partial charge < -0.3 is 15.8 Å². The number of carbonyl (C=O) groups excluding carboxylic acids is 2. The number of rotatable bonds is 8. The Bertz CT molecular complexity index is 687. The van der Waals surface area contributed by atoms with Crippen LogP contribution in [0.25, 0.3) is 0 Å². The molecule has 1 amide bonds. The minimum absolute atomic E-state index is 0.286. The average molecular weight is 364 g/mol. The van der Waals surface area contributed by atoms with Gasteiger partial charge in [0.15, 0.2) is 6.61 Å². The van der Waals surface area contributed by atoms with Gasteiger partial charge in [0.2, 0.25) is 0 Å². The van der Waals surface area contributed by atoms with E-state index >= 15 is 0 Å². The third-order valence-electron chi connectivity index (χ3n) is 3.27. The number of aryl methyl sites for hydroxylation is 1. The second kappa shape index (κ2) is 9.34. The minimum Gasteiger partial charge on any atom is -0.452 e. The summed E-state index contributed by atoms with van der Waals surface area (Å²) in [5, 5.41) is 4.78. The highest BCUT2D eigenvalue weighted by atomic mass is 32.2. The van der Waals surface area contributed by atoms with E-state index < -0.39 is 5.97 Å². The van der Waals surface area contributed by atoms with Gasteiger partial charge in [0.05, 0.1) is 5.56 Å². The normalized spacial score (nSPS) is 10.4. The SMILES string of the molecule is Cc1cccc(C(=O)OCC(=O)NCCSCc2cccs2)c1N. The van der Waals surface area contributed by atoms with Crippen LogP contribution in [-0.2, 0) is 15.3 Å². The first kappa shape index (κ1) is 18.4. The van der Waals surface area contributed by atoms with Crippen molar-refractivity contribution in [2.75, 3.05) is 24.6 Å². The van der Waals surface area contributed by atoms with Gasteiger partial charge in [0.1, 0.15) is 0 Å². The van der Waals surface area contributed by atoms with Crippen LogP contribution in [0.5, 0.6) is 0 Å². The van der Waals surface area contributed by atoms with Crippen LogP contribution in [0, 0.1) is 6.92 Å². The van der Waals surface area contributed by atoms with E-state index in [2.05, 4.69) is 11.4 Å². The summed E-state index contributed by atoms with van der Waals surface area (Å²) in [5.74, 6) is 0.849. The van der Waals surface area contributed by atoms with Crippen molar-refractivity contribution in [3.05, 3.63) is 51.7 Å². The molecule has 0 aliphatic rings. The van der Waals surface area contributed by atoms with Crippen LogP contribution in [0.15, 0.2) is 35.7 Å². The van der Waals surface area contributed by atoms with Gasteiger partial charge in [-0.25, -0.2) is 4.79 Å². The summed E-state index contributed by atoms with van der Waals surface area (Å²) < 4.78 is 5.01. The molecule has 0 radical (unpaired) electrons. The highest BCUT2D eigenvalue weighted by Crippen LogP contribution is 2.17. The lowest BCUT2D eigenvalue weighted by Crippen LogP contribution is -2.30. The van der Waals surface area contributed by atoms with E-state index in [4.69, 9.17) is 10.5 Å². The van der Waals surface area contributed by atoms with E-state index in [1.807, 2.05) is 24.4 Å². The lowest BCUT2D eigenvalue weighted by molar-refractivity contribution is -0.124. The van der Waals surface area contributed by atoms with Crippen LogP contribution in [-0.4, -0.2) is 30.8 Å². The van der Waals surface area contributed by atoms with E-state index in [-0.39, 0.29) is 18.1 Å². The Morgan fingerprint density at radius 2 is 2.12 bits per heavy atom. The fourth-order valence-electron chi connectivity index (χ4n) is 1.95. The van der Waals surface area contributed by atoms with Crippen LogP contribution in [0.4, 0.5) is 5.69 Å². The molecule has 2 rings (SSSR count). The predicted octanol–water partition coefficient (Wildman–Crippen LogP) is 2.85. The first-order valence-corrected chi connectivity index (χ1v) is 9.50. The number of carbonyl (C=O) groups is 2. The molecule has 0 fully saturated rings. The third kappa shape index (κ3) is 5.58. The molecule has 0 unspecified atom stereocenters. The Kier molecular flexibility index (Phi) is 7.14. The van der Waals surface area contributed by atoms with Gasteiger partial charge in [-0.05, 0) is 30.0 Å². The average Bonchev–Trinajstić information content (AvgIpc) is 3.08. The molecule has 1 aromatic heterocycles. The van der Waals surface area contributed by atoms with Gasteiger partial charge in [-0.2, -0.15) is 11.8 Å². The van der Waals surface area contributed by atoms with E-state index in [1.54, 1.807) is 35.2 Å². The molecule has 1 heterocycles. The number of benzene rings is 1. The standard InChI is InChI=1S/C17H20N2O3S2/c1-12-4-2-6-14(16(12)18)17(21)22-10-15(20)19-7-9-23-11-13-5-3-8-24-13/h2-6,8H,7,9-11,18H2,1H3,(H,19,20). The second-order valence-corrected chi connectivity index (χ2v) is 7.23. The predicted molar refractivity (Wildman–Crippen MR) is 99.4 cm³/mol. The molecule has 0 aliphatic heterocycles. The molecule has 2 aromatic rings. The topological polar surface area (TPSA) is 81.4 Å². The zero-order valence-corrected chi connectivity index (χ0v) is 15.0. The number of nitrogens with one attached hydrogen (secondary N) is 1. The Hall–Kier alpha value is -1.99. The first-order chi connectivity index (χ1) is 11.6. The van der Waals surface area contributed by atoms with Crippen molar-refractivity contribution in [1.29, 1.82) is 0 Å². The van der Waals surface area contributed by atoms with Crippen molar-refractivity contribution in [2.45, 2.75) is 12.7 Å². The van der Waals surface area contributed by atoms with Crippen molar-refractivity contribution >= 4 is 40.7 Å². The fraction of sp³-hybridized carbons (Fsp3) is 0.294. The maximum atomic E-state index is 11.9. The van der Waals surface area contributed by atoms with Crippen LogP contribution in [0.2, 0.25) is 0 Å². The number of amides is 1. The van der Waals surface area contributed by atoms with Crippen molar-refractivity contribution in [3.8, 4) is 0 Å². The Morgan fingerprint density at radius 3 is 2.88 bits per heavy atom. The maximum Gasteiger partial charge on any atom is 0.340 e. The molecule has 1 aromatic carbocycles. The summed E-state index contributed by atoms with van der Waals surface area (Å²) in [6.07, 6.45) is 0. The number of nitrogen functional groups attached to an aromatic ring is 1. The summed E-state index contributed by atoms with van der Waals surface area (Å²) in [5.41, 5.74) is 7.31. The summed E-state index contributed by atoms with van der Waals surface area (Å²) in [6, 6.07) is 9.24. The Labute approximate surface area is 149 Å². The summed E-state index contributed by atoms with van der Waals surface area (Å²) in [7, 11) is 0. The van der Waals surface area contributed by atoms with Gasteiger partial charge in [0.25, 0.3) is 5.91 Å². The van der Waals surface area contributed by atoms with Gasteiger partial charge in [-0.15, -0.1) is 11.3 Å². The minimum atomic E-state index is -0.585. The smallest absolute Gasteiger partial charge is 0.340 e. The lowest BCUT2D eigenvalue weighted by atomic mass is 10.1. The molecule has 0 atom stereocenters. The summed E-state index contributed by atoms with van der Waals surface area (Å²) in [6.45, 7) is 2.05. The van der Waals surface area contributed by atoms with Gasteiger partial charge in [0, 0.05) is 28.6 Å². The van der Waals surface area contributed by atoms with Crippen molar-refractivity contribution < 1.29 is 14.3 Å². The molecule has 5 nitrogen and oxygen atoms in total. The largest absolute Gasteiger partial charge is 0.452 e. The monoisotopic (exact) mass is 364 g/mol. The van der Waals surface area contributed by atoms with Crippen molar-refractivity contribution in [3.63, 3.8) is 0 Å². The molecule has 0 aliphatic carbocycles. The Morgan fingerprint density at radius 1 is 1.29 bits per heavy atom. The fourth-order valence-corrected chi connectivity index (χ4v) is 3.65. The molecule has 0 saturated heterocycles. The van der Waals surface area contributed by atoms with Crippen LogP contribution < -0.4 is 11.1 Å². The molecule has 3 N–H and O–H groups in total. The van der Waals surface area contributed by atoms with Crippen LogP contribution in [0.1, 0.15) is 20.8 Å². The number of thioether (sulfide) groups is 1. The van der Waals surface area contributed by atoms with E-state index in [0.29, 0.717) is 12.2 Å². The number of anilines is 1. The second-order valence-electron chi connectivity index (χ2n) is 5.09. The zero-order chi connectivity index (χ0) is 17.4. The zero-order valence-electron chi connectivity index (χ0n) is 13.4. The van der Waals surface area contributed by atoms with Crippen molar-refractivity contribution in [1.82, 2.24) is 5.32 Å². The van der Waals surface area contributed by atoms with E-state index in [1.165, 1.54) is 4.88 Å². The van der Waals surface area contributed by atoms with Gasteiger partial charge >= 0.3 is 5.97 Å².